The number of piperidine rings is 1. The van der Waals surface area contributed by atoms with Crippen molar-refractivity contribution < 1.29 is 22.2 Å². The van der Waals surface area contributed by atoms with E-state index < -0.39 is 22.5 Å². The van der Waals surface area contributed by atoms with Crippen molar-refractivity contribution in [1.29, 1.82) is 0 Å². The van der Waals surface area contributed by atoms with Crippen LogP contribution in [0.4, 0.5) is 30.8 Å². The van der Waals surface area contributed by atoms with Crippen LogP contribution < -0.4 is 15.1 Å². The van der Waals surface area contributed by atoms with Crippen molar-refractivity contribution in [2.75, 3.05) is 60.6 Å². The van der Waals surface area contributed by atoms with Crippen LogP contribution in [0, 0.1) is 0 Å². The SMILES string of the molecule is CN1CC(Nc2nc(N3CCN(c4ccc(C(F)(F)F)cn4)CC3)nc3c2S(=O)CC3)CCC1=O. The highest BCUT2D eigenvalue weighted by Crippen LogP contribution is 2.32. The fourth-order valence-corrected chi connectivity index (χ4v) is 5.94. The molecular formula is C22H26F3N7O2S. The average molecular weight is 510 g/mol. The van der Waals surface area contributed by atoms with Crippen LogP contribution in [-0.2, 0) is 28.2 Å². The van der Waals surface area contributed by atoms with Gasteiger partial charge in [0.15, 0.2) is 0 Å². The number of piperazine rings is 1. The minimum Gasteiger partial charge on any atom is -0.364 e. The summed E-state index contributed by atoms with van der Waals surface area (Å²) >= 11 is 0. The minimum absolute atomic E-state index is 0.0183. The van der Waals surface area contributed by atoms with Crippen LogP contribution in [0.1, 0.15) is 24.1 Å². The Bertz CT molecular complexity index is 1140. The lowest BCUT2D eigenvalue weighted by Crippen LogP contribution is -2.47. The van der Waals surface area contributed by atoms with Gasteiger partial charge in [-0.15, -0.1) is 0 Å². The third kappa shape index (κ3) is 4.91. The molecular weight excluding hydrogens is 483 g/mol. The molecule has 2 aromatic heterocycles. The molecule has 1 amide bonds. The lowest BCUT2D eigenvalue weighted by molar-refractivity contribution is -0.137. The number of alkyl halides is 3. The largest absolute Gasteiger partial charge is 0.417 e. The van der Waals surface area contributed by atoms with E-state index in [9.17, 15) is 22.2 Å². The summed E-state index contributed by atoms with van der Waals surface area (Å²) in [7, 11) is 0.608. The van der Waals surface area contributed by atoms with Crippen molar-refractivity contribution in [3.63, 3.8) is 0 Å². The van der Waals surface area contributed by atoms with Gasteiger partial charge >= 0.3 is 6.18 Å². The summed E-state index contributed by atoms with van der Waals surface area (Å²) in [6.07, 6.45) is -1.79. The third-order valence-electron chi connectivity index (χ3n) is 6.61. The van der Waals surface area contributed by atoms with Crippen LogP contribution in [0.3, 0.4) is 0 Å². The molecule has 0 saturated carbocycles. The summed E-state index contributed by atoms with van der Waals surface area (Å²) in [5, 5.41) is 3.42. The molecule has 1 N–H and O–H groups in total. The maximum absolute atomic E-state index is 12.8. The van der Waals surface area contributed by atoms with Gasteiger partial charge in [0.25, 0.3) is 0 Å². The number of fused-ring (bicyclic) bond motifs is 1. The van der Waals surface area contributed by atoms with E-state index >= 15 is 0 Å². The number of pyridine rings is 1. The van der Waals surface area contributed by atoms with Crippen LogP contribution in [0.2, 0.25) is 0 Å². The third-order valence-corrected chi connectivity index (χ3v) is 8.06. The predicted molar refractivity (Wildman–Crippen MR) is 125 cm³/mol. The fraction of sp³-hybridized carbons (Fsp3) is 0.545. The van der Waals surface area contributed by atoms with Gasteiger partial charge in [-0.1, -0.05) is 0 Å². The van der Waals surface area contributed by atoms with Gasteiger partial charge in [0.1, 0.15) is 16.5 Å². The highest BCUT2D eigenvalue weighted by Gasteiger charge is 2.32. The molecule has 3 aliphatic heterocycles. The lowest BCUT2D eigenvalue weighted by Gasteiger charge is -2.36. The van der Waals surface area contributed by atoms with Crippen LogP contribution >= 0.6 is 0 Å². The zero-order valence-electron chi connectivity index (χ0n) is 19.2. The molecule has 0 spiro atoms. The number of carbonyl (C=O) groups excluding carboxylic acids is 1. The number of aryl methyl sites for hydroxylation is 1. The van der Waals surface area contributed by atoms with Gasteiger partial charge in [0.05, 0.1) is 22.1 Å². The first-order chi connectivity index (χ1) is 16.7. The molecule has 2 saturated heterocycles. The first kappa shape index (κ1) is 23.8. The van der Waals surface area contributed by atoms with Gasteiger partial charge < -0.3 is 20.0 Å². The topological polar surface area (TPSA) is 94.6 Å². The van der Waals surface area contributed by atoms with E-state index in [4.69, 9.17) is 9.97 Å². The fourth-order valence-electron chi connectivity index (χ4n) is 4.62. The van der Waals surface area contributed by atoms with Crippen LogP contribution in [-0.4, -0.2) is 81.5 Å². The second-order valence-corrected chi connectivity index (χ2v) is 10.5. The van der Waals surface area contributed by atoms with Crippen molar-refractivity contribution in [2.24, 2.45) is 0 Å². The Kier molecular flexibility index (Phi) is 6.28. The molecule has 9 nitrogen and oxygen atoms in total. The number of amides is 1. The monoisotopic (exact) mass is 509 g/mol. The zero-order valence-corrected chi connectivity index (χ0v) is 20.0. The van der Waals surface area contributed by atoms with E-state index in [0.29, 0.717) is 80.2 Å². The van der Waals surface area contributed by atoms with E-state index in [1.54, 1.807) is 11.9 Å². The normalized spacial score (nSPS) is 23.0. The average Bonchev–Trinajstić information content (AvgIpc) is 3.22. The van der Waals surface area contributed by atoms with Crippen molar-refractivity contribution in [2.45, 2.75) is 36.4 Å². The number of hydrogen-bond acceptors (Lipinski definition) is 8. The molecule has 0 bridgehead atoms. The molecule has 2 aromatic rings. The molecule has 2 unspecified atom stereocenters. The van der Waals surface area contributed by atoms with E-state index in [1.165, 1.54) is 6.07 Å². The molecule has 2 fully saturated rings. The number of nitrogens with one attached hydrogen (secondary N) is 1. The summed E-state index contributed by atoms with van der Waals surface area (Å²) in [4.78, 5) is 31.6. The van der Waals surface area contributed by atoms with E-state index in [0.717, 1.165) is 18.0 Å². The summed E-state index contributed by atoms with van der Waals surface area (Å²) in [6.45, 7) is 2.82. The number of carbonyl (C=O) groups is 1. The van der Waals surface area contributed by atoms with Gasteiger partial charge in [-0.05, 0) is 18.6 Å². The quantitative estimate of drug-likeness (QED) is 0.668. The smallest absolute Gasteiger partial charge is 0.364 e. The van der Waals surface area contributed by atoms with E-state index in [-0.39, 0.29) is 11.9 Å². The first-order valence-electron chi connectivity index (χ1n) is 11.5. The van der Waals surface area contributed by atoms with E-state index in [1.807, 2.05) is 9.80 Å². The first-order valence-corrected chi connectivity index (χ1v) is 12.8. The molecule has 2 atom stereocenters. The number of halogens is 3. The number of rotatable bonds is 4. The van der Waals surface area contributed by atoms with Crippen molar-refractivity contribution >= 4 is 34.3 Å². The Hall–Kier alpha value is -2.96. The van der Waals surface area contributed by atoms with Crippen molar-refractivity contribution in [1.82, 2.24) is 19.9 Å². The van der Waals surface area contributed by atoms with Gasteiger partial charge in [0.2, 0.25) is 11.9 Å². The summed E-state index contributed by atoms with van der Waals surface area (Å²) in [6, 6.07) is 2.46. The van der Waals surface area contributed by atoms with Crippen molar-refractivity contribution in [3.8, 4) is 0 Å². The molecule has 188 valence electrons. The van der Waals surface area contributed by atoms with Gasteiger partial charge in [-0.2, -0.15) is 18.2 Å². The number of nitrogens with zero attached hydrogens (tertiary/aromatic N) is 6. The molecule has 0 aliphatic carbocycles. The summed E-state index contributed by atoms with van der Waals surface area (Å²) in [5.74, 6) is 2.24. The number of likely N-dealkylation sites (N-methyl/N-ethyl adjacent to an activating group) is 1. The van der Waals surface area contributed by atoms with Crippen molar-refractivity contribution in [3.05, 3.63) is 29.6 Å². The Labute approximate surface area is 203 Å². The highest BCUT2D eigenvalue weighted by molar-refractivity contribution is 7.85. The molecule has 35 heavy (non-hydrogen) atoms. The maximum Gasteiger partial charge on any atom is 0.417 e. The molecule has 3 aliphatic rings. The molecule has 5 rings (SSSR count). The van der Waals surface area contributed by atoms with Gasteiger partial charge in [0, 0.05) is 70.6 Å². The van der Waals surface area contributed by atoms with Crippen LogP contribution in [0.5, 0.6) is 0 Å². The highest BCUT2D eigenvalue weighted by atomic mass is 32.2. The molecule has 0 radical (unpaired) electrons. The number of anilines is 3. The van der Waals surface area contributed by atoms with Crippen LogP contribution in [0.25, 0.3) is 0 Å². The second-order valence-electron chi connectivity index (χ2n) is 8.98. The number of aromatic nitrogens is 3. The Balaban J connectivity index is 1.30. The van der Waals surface area contributed by atoms with E-state index in [2.05, 4.69) is 10.3 Å². The Morgan fingerprint density at radius 2 is 1.83 bits per heavy atom. The number of hydrogen-bond donors (Lipinski definition) is 1. The summed E-state index contributed by atoms with van der Waals surface area (Å²) < 4.78 is 51.1. The standard InChI is InChI=1S/C22H26F3N7O2S/c1-30-13-15(3-5-18(30)33)27-20-19-16(6-11-35(19)34)28-21(29-20)32-9-7-31(8-10-32)17-4-2-14(12-26-17)22(23,24)25/h2,4,12,15H,3,5-11,13H2,1H3,(H,27,28,29). The number of likely N-dealkylation sites (tertiary alicyclic amines) is 1. The van der Waals surface area contributed by atoms with Crippen LogP contribution in [0.15, 0.2) is 23.2 Å². The molecule has 5 heterocycles. The zero-order chi connectivity index (χ0) is 24.7. The molecule has 13 heteroatoms. The van der Waals surface area contributed by atoms with Gasteiger partial charge in [-0.25, -0.2) is 9.97 Å². The Morgan fingerprint density at radius 1 is 1.09 bits per heavy atom. The lowest BCUT2D eigenvalue weighted by atomic mass is 10.1. The Morgan fingerprint density at radius 3 is 2.49 bits per heavy atom. The second kappa shape index (κ2) is 9.25. The minimum atomic E-state index is -4.41. The maximum atomic E-state index is 12.8. The molecule has 0 aromatic carbocycles. The predicted octanol–water partition coefficient (Wildman–Crippen LogP) is 1.91. The summed E-state index contributed by atoms with van der Waals surface area (Å²) in [5.41, 5.74) is 0.0141. The van der Waals surface area contributed by atoms with Gasteiger partial charge in [-0.3, -0.25) is 9.00 Å².